The maximum atomic E-state index is 9.06. The average molecular weight is 177 g/mol. The van der Waals surface area contributed by atoms with Gasteiger partial charge in [0.05, 0.1) is 6.34 Å². The number of hydrazine groups is 1. The lowest BCUT2D eigenvalue weighted by atomic mass is 10.2. The Labute approximate surface area is 76.5 Å². The van der Waals surface area contributed by atoms with E-state index in [2.05, 4.69) is 10.4 Å². The minimum Gasteiger partial charge on any atom is -0.508 e. The summed E-state index contributed by atoms with van der Waals surface area (Å²) in [5, 5.41) is 11.0. The second-order valence-electron chi connectivity index (χ2n) is 2.95. The zero-order chi connectivity index (χ0) is 9.10. The third-order valence-electron chi connectivity index (χ3n) is 1.89. The molecule has 4 nitrogen and oxygen atoms in total. The molecule has 1 aliphatic heterocycles. The Hall–Kier alpha value is -1.55. The van der Waals surface area contributed by atoms with E-state index in [0.29, 0.717) is 12.4 Å². The molecule has 1 aromatic carbocycles. The van der Waals surface area contributed by atoms with Crippen LogP contribution in [0, 0.1) is 0 Å². The number of nitrogens with zero attached hydrogens (tertiary/aromatic N) is 2. The SMILES string of the molecule is Oc1ccc(CN2CN=CN2)cc1. The molecule has 2 rings (SSSR count). The van der Waals surface area contributed by atoms with E-state index in [1.807, 2.05) is 17.1 Å². The largest absolute Gasteiger partial charge is 0.508 e. The number of aromatic hydroxyl groups is 1. The first kappa shape index (κ1) is 8.07. The molecular formula is C9H11N3O. The molecule has 0 fully saturated rings. The third kappa shape index (κ3) is 1.97. The monoisotopic (exact) mass is 177 g/mol. The molecule has 0 bridgehead atoms. The average Bonchev–Trinajstić information content (AvgIpc) is 2.62. The number of hydrogen-bond acceptors (Lipinski definition) is 4. The van der Waals surface area contributed by atoms with Crippen molar-refractivity contribution in [3.8, 4) is 5.75 Å². The van der Waals surface area contributed by atoms with Crippen LogP contribution < -0.4 is 5.43 Å². The van der Waals surface area contributed by atoms with Gasteiger partial charge >= 0.3 is 0 Å². The highest BCUT2D eigenvalue weighted by molar-refractivity contribution is 5.55. The summed E-state index contributed by atoms with van der Waals surface area (Å²) in [7, 11) is 0. The maximum absolute atomic E-state index is 9.06. The number of nitrogens with one attached hydrogen (secondary N) is 1. The predicted octanol–water partition coefficient (Wildman–Crippen LogP) is 0.698. The summed E-state index contributed by atoms with van der Waals surface area (Å²) < 4.78 is 0. The van der Waals surface area contributed by atoms with Crippen LogP contribution in [0.3, 0.4) is 0 Å². The highest BCUT2D eigenvalue weighted by atomic mass is 16.3. The molecule has 2 N–H and O–H groups in total. The molecule has 1 aliphatic rings. The van der Waals surface area contributed by atoms with E-state index in [-0.39, 0.29) is 0 Å². The van der Waals surface area contributed by atoms with Crippen molar-refractivity contribution in [2.75, 3.05) is 6.67 Å². The van der Waals surface area contributed by atoms with E-state index in [1.54, 1.807) is 18.5 Å². The van der Waals surface area contributed by atoms with E-state index >= 15 is 0 Å². The van der Waals surface area contributed by atoms with Gasteiger partial charge in [-0.05, 0) is 17.7 Å². The first-order chi connectivity index (χ1) is 6.34. The fourth-order valence-electron chi connectivity index (χ4n) is 1.22. The molecule has 1 aromatic rings. The number of phenols is 1. The standard InChI is InChI=1S/C9H11N3O/c13-9-3-1-8(2-4-9)5-12-7-10-6-11-12/h1-4,6,13H,5,7H2,(H,10,11). The number of benzene rings is 1. The van der Waals surface area contributed by atoms with Gasteiger partial charge in [-0.2, -0.15) is 5.01 Å². The lowest BCUT2D eigenvalue weighted by Crippen LogP contribution is -2.30. The maximum Gasteiger partial charge on any atom is 0.115 e. The lowest BCUT2D eigenvalue weighted by molar-refractivity contribution is 0.258. The number of phenolic OH excluding ortho intramolecular Hbond substituents is 1. The van der Waals surface area contributed by atoms with Crippen molar-refractivity contribution in [1.29, 1.82) is 0 Å². The zero-order valence-corrected chi connectivity index (χ0v) is 7.14. The molecular weight excluding hydrogens is 166 g/mol. The van der Waals surface area contributed by atoms with Crippen molar-refractivity contribution in [3.63, 3.8) is 0 Å². The number of hydrogen-bond donors (Lipinski definition) is 2. The van der Waals surface area contributed by atoms with E-state index < -0.39 is 0 Å². The Bertz CT molecular complexity index is 299. The number of aliphatic imine (C=N–C) groups is 1. The normalized spacial score (nSPS) is 16.0. The number of rotatable bonds is 2. The smallest absolute Gasteiger partial charge is 0.115 e. The molecule has 0 radical (unpaired) electrons. The van der Waals surface area contributed by atoms with Gasteiger partial charge < -0.3 is 10.5 Å². The van der Waals surface area contributed by atoms with Crippen molar-refractivity contribution in [2.45, 2.75) is 6.54 Å². The van der Waals surface area contributed by atoms with Gasteiger partial charge in [-0.1, -0.05) is 12.1 Å². The molecule has 0 saturated heterocycles. The molecule has 13 heavy (non-hydrogen) atoms. The van der Waals surface area contributed by atoms with Gasteiger partial charge in [-0.15, -0.1) is 0 Å². The molecule has 0 spiro atoms. The molecule has 0 atom stereocenters. The lowest BCUT2D eigenvalue weighted by Gasteiger charge is -2.13. The fourth-order valence-corrected chi connectivity index (χ4v) is 1.22. The quantitative estimate of drug-likeness (QED) is 0.699. The molecule has 0 aliphatic carbocycles. The van der Waals surface area contributed by atoms with Crippen molar-refractivity contribution >= 4 is 6.34 Å². The van der Waals surface area contributed by atoms with Crippen LogP contribution in [0.5, 0.6) is 5.75 Å². The van der Waals surface area contributed by atoms with Crippen molar-refractivity contribution in [1.82, 2.24) is 10.4 Å². The van der Waals surface area contributed by atoms with Gasteiger partial charge in [-0.25, -0.2) is 0 Å². The highest BCUT2D eigenvalue weighted by Gasteiger charge is 2.06. The predicted molar refractivity (Wildman–Crippen MR) is 50.1 cm³/mol. The van der Waals surface area contributed by atoms with Gasteiger partial charge in [-0.3, -0.25) is 4.99 Å². The molecule has 0 amide bonds. The molecule has 1 heterocycles. The Balaban J connectivity index is 1.97. The van der Waals surface area contributed by atoms with Gasteiger partial charge in [0.25, 0.3) is 0 Å². The summed E-state index contributed by atoms with van der Waals surface area (Å²) in [5.74, 6) is 0.300. The van der Waals surface area contributed by atoms with E-state index in [4.69, 9.17) is 5.11 Å². The second-order valence-corrected chi connectivity index (χ2v) is 2.95. The Morgan fingerprint density at radius 3 is 2.77 bits per heavy atom. The van der Waals surface area contributed by atoms with Crippen molar-refractivity contribution in [2.24, 2.45) is 4.99 Å². The van der Waals surface area contributed by atoms with Crippen LogP contribution in [-0.4, -0.2) is 23.1 Å². The minimum atomic E-state index is 0.300. The fraction of sp³-hybridized carbons (Fsp3) is 0.222. The van der Waals surface area contributed by atoms with Crippen LogP contribution in [-0.2, 0) is 6.54 Å². The van der Waals surface area contributed by atoms with Crippen LogP contribution >= 0.6 is 0 Å². The van der Waals surface area contributed by atoms with Crippen LogP contribution in [0.1, 0.15) is 5.56 Å². The molecule has 0 saturated carbocycles. The molecule has 0 unspecified atom stereocenters. The summed E-state index contributed by atoms with van der Waals surface area (Å²) >= 11 is 0. The molecule has 0 aromatic heterocycles. The van der Waals surface area contributed by atoms with Crippen molar-refractivity contribution in [3.05, 3.63) is 29.8 Å². The summed E-state index contributed by atoms with van der Waals surface area (Å²) in [4.78, 5) is 4.02. The second kappa shape index (κ2) is 3.45. The van der Waals surface area contributed by atoms with E-state index in [0.717, 1.165) is 12.1 Å². The van der Waals surface area contributed by atoms with Crippen LogP contribution in [0.15, 0.2) is 29.3 Å². The first-order valence-electron chi connectivity index (χ1n) is 4.12. The summed E-state index contributed by atoms with van der Waals surface area (Å²) in [6, 6.07) is 7.17. The van der Waals surface area contributed by atoms with Crippen LogP contribution in [0.25, 0.3) is 0 Å². The van der Waals surface area contributed by atoms with E-state index in [9.17, 15) is 0 Å². The zero-order valence-electron chi connectivity index (χ0n) is 7.14. The van der Waals surface area contributed by atoms with Crippen LogP contribution in [0.2, 0.25) is 0 Å². The minimum absolute atomic E-state index is 0.300. The Morgan fingerprint density at radius 2 is 2.15 bits per heavy atom. The summed E-state index contributed by atoms with van der Waals surface area (Å²) in [5.41, 5.74) is 4.15. The van der Waals surface area contributed by atoms with Crippen LogP contribution in [0.4, 0.5) is 0 Å². The van der Waals surface area contributed by atoms with Crippen molar-refractivity contribution < 1.29 is 5.11 Å². The van der Waals surface area contributed by atoms with Gasteiger partial charge in [0.15, 0.2) is 0 Å². The molecule has 4 heteroatoms. The van der Waals surface area contributed by atoms with E-state index in [1.165, 1.54) is 0 Å². The van der Waals surface area contributed by atoms with Gasteiger partial charge in [0.1, 0.15) is 12.4 Å². The highest BCUT2D eigenvalue weighted by Crippen LogP contribution is 2.11. The topological polar surface area (TPSA) is 47.9 Å². The Morgan fingerprint density at radius 1 is 1.38 bits per heavy atom. The first-order valence-corrected chi connectivity index (χ1v) is 4.12. The summed E-state index contributed by atoms with van der Waals surface area (Å²) in [6.07, 6.45) is 1.68. The molecule has 68 valence electrons. The third-order valence-corrected chi connectivity index (χ3v) is 1.89. The Kier molecular flexibility index (Phi) is 2.14. The van der Waals surface area contributed by atoms with Gasteiger partial charge in [0.2, 0.25) is 0 Å². The summed E-state index contributed by atoms with van der Waals surface area (Å²) in [6.45, 7) is 1.47. The van der Waals surface area contributed by atoms with Gasteiger partial charge in [0, 0.05) is 6.54 Å².